The summed E-state index contributed by atoms with van der Waals surface area (Å²) in [7, 11) is 0. The summed E-state index contributed by atoms with van der Waals surface area (Å²) in [6.45, 7) is 12.2. The van der Waals surface area contributed by atoms with Gasteiger partial charge >= 0.3 is 0 Å². The quantitative estimate of drug-likeness (QED) is 0.787. The summed E-state index contributed by atoms with van der Waals surface area (Å²) >= 11 is 0. The van der Waals surface area contributed by atoms with Crippen molar-refractivity contribution in [1.29, 1.82) is 0 Å². The fraction of sp³-hybridized carbons (Fsp3) is 0.733. The van der Waals surface area contributed by atoms with Crippen molar-refractivity contribution in [1.82, 2.24) is 10.2 Å². The lowest BCUT2D eigenvalue weighted by Crippen LogP contribution is -2.21. The lowest BCUT2D eigenvalue weighted by molar-refractivity contribution is 0.283. The third kappa shape index (κ3) is 3.36. The topological polar surface area (TPSA) is 28.4 Å². The highest BCUT2D eigenvalue weighted by molar-refractivity contribution is 5.17. The van der Waals surface area contributed by atoms with Gasteiger partial charge in [0.25, 0.3) is 0 Å². The maximum Gasteiger partial charge on any atom is 0.122 e. The molecule has 1 aromatic heterocycles. The molecule has 1 aromatic rings. The minimum Gasteiger partial charge on any atom is -0.468 e. The number of nitrogens with one attached hydrogen (secondary N) is 1. The second kappa shape index (κ2) is 6.39. The normalized spacial score (nSPS) is 24.8. The Morgan fingerprint density at radius 2 is 2.06 bits per heavy atom. The van der Waals surface area contributed by atoms with Crippen molar-refractivity contribution in [2.24, 2.45) is 11.8 Å². The van der Waals surface area contributed by atoms with Gasteiger partial charge in [0.2, 0.25) is 0 Å². The summed E-state index contributed by atoms with van der Waals surface area (Å²) < 4.78 is 5.65. The average molecular weight is 250 g/mol. The van der Waals surface area contributed by atoms with Crippen LogP contribution in [0.25, 0.3) is 0 Å². The number of hydrogen-bond donors (Lipinski definition) is 1. The Bertz CT molecular complexity index is 351. The smallest absolute Gasteiger partial charge is 0.122 e. The van der Waals surface area contributed by atoms with Crippen LogP contribution in [0, 0.1) is 11.8 Å². The third-order valence-electron chi connectivity index (χ3n) is 4.01. The Balaban J connectivity index is 1.87. The van der Waals surface area contributed by atoms with Crippen molar-refractivity contribution in [3.8, 4) is 0 Å². The molecule has 2 atom stereocenters. The van der Waals surface area contributed by atoms with Gasteiger partial charge in [-0.15, -0.1) is 0 Å². The highest BCUT2D eigenvalue weighted by Crippen LogP contribution is 2.24. The van der Waals surface area contributed by atoms with E-state index in [1.54, 1.807) is 0 Å². The van der Waals surface area contributed by atoms with Crippen LogP contribution in [0.1, 0.15) is 38.5 Å². The molecule has 1 N–H and O–H groups in total. The number of furan rings is 1. The molecule has 102 valence electrons. The molecule has 0 aromatic carbocycles. The molecule has 0 saturated carbocycles. The molecule has 0 amide bonds. The molecule has 2 rings (SSSR count). The van der Waals surface area contributed by atoms with E-state index < -0.39 is 0 Å². The van der Waals surface area contributed by atoms with Gasteiger partial charge in [-0.1, -0.05) is 20.8 Å². The maximum absolute atomic E-state index is 5.65. The Labute approximate surface area is 111 Å². The molecule has 1 saturated heterocycles. The number of rotatable bonds is 6. The van der Waals surface area contributed by atoms with E-state index in [9.17, 15) is 0 Å². The van der Waals surface area contributed by atoms with E-state index in [1.165, 1.54) is 25.1 Å². The van der Waals surface area contributed by atoms with Crippen LogP contribution in [0.5, 0.6) is 0 Å². The molecule has 0 bridgehead atoms. The fourth-order valence-corrected chi connectivity index (χ4v) is 2.64. The van der Waals surface area contributed by atoms with E-state index in [1.807, 2.05) is 6.26 Å². The van der Waals surface area contributed by atoms with E-state index in [0.29, 0.717) is 0 Å². The van der Waals surface area contributed by atoms with Gasteiger partial charge in [-0.2, -0.15) is 0 Å². The van der Waals surface area contributed by atoms with Crippen LogP contribution < -0.4 is 5.32 Å². The molecule has 2 unspecified atom stereocenters. The molecule has 0 radical (unpaired) electrons. The first kappa shape index (κ1) is 13.6. The molecule has 1 aliphatic rings. The van der Waals surface area contributed by atoms with Gasteiger partial charge in [0.1, 0.15) is 5.76 Å². The van der Waals surface area contributed by atoms with Crippen LogP contribution in [0.3, 0.4) is 0 Å². The second-order valence-corrected chi connectivity index (χ2v) is 5.69. The first-order valence-corrected chi connectivity index (χ1v) is 7.19. The summed E-state index contributed by atoms with van der Waals surface area (Å²) in [6, 6.07) is 2.10. The van der Waals surface area contributed by atoms with Crippen LogP contribution >= 0.6 is 0 Å². The maximum atomic E-state index is 5.65. The first-order valence-electron chi connectivity index (χ1n) is 7.19. The van der Waals surface area contributed by atoms with Crippen molar-refractivity contribution in [2.75, 3.05) is 19.6 Å². The molecule has 1 aliphatic heterocycles. The van der Waals surface area contributed by atoms with Crippen LogP contribution in [0.4, 0.5) is 0 Å². The molecule has 3 nitrogen and oxygen atoms in total. The van der Waals surface area contributed by atoms with Crippen molar-refractivity contribution < 1.29 is 4.42 Å². The van der Waals surface area contributed by atoms with E-state index in [2.05, 4.69) is 37.1 Å². The molecular weight excluding hydrogens is 224 g/mol. The van der Waals surface area contributed by atoms with E-state index in [4.69, 9.17) is 4.42 Å². The Kier molecular flexibility index (Phi) is 4.84. The van der Waals surface area contributed by atoms with E-state index in [-0.39, 0.29) is 0 Å². The van der Waals surface area contributed by atoms with Gasteiger partial charge in [0.05, 0.1) is 12.8 Å². The van der Waals surface area contributed by atoms with Crippen molar-refractivity contribution in [3.63, 3.8) is 0 Å². The average Bonchev–Trinajstić information content (AvgIpc) is 2.88. The molecule has 2 heterocycles. The molecule has 0 aliphatic carbocycles. The van der Waals surface area contributed by atoms with Crippen LogP contribution in [-0.4, -0.2) is 24.5 Å². The summed E-state index contributed by atoms with van der Waals surface area (Å²) in [5, 5.41) is 3.44. The van der Waals surface area contributed by atoms with Crippen molar-refractivity contribution in [3.05, 3.63) is 23.7 Å². The van der Waals surface area contributed by atoms with Gasteiger partial charge in [0, 0.05) is 25.2 Å². The second-order valence-electron chi connectivity index (χ2n) is 5.69. The highest BCUT2D eigenvalue weighted by atomic mass is 16.3. The Hall–Kier alpha value is -0.800. The zero-order chi connectivity index (χ0) is 13.0. The summed E-state index contributed by atoms with van der Waals surface area (Å²) in [4.78, 5) is 2.51. The fourth-order valence-electron chi connectivity index (χ4n) is 2.64. The molecule has 0 spiro atoms. The van der Waals surface area contributed by atoms with E-state index in [0.717, 1.165) is 37.2 Å². The minimum absolute atomic E-state index is 0.807. The molecule has 1 fully saturated rings. The number of nitrogens with zero attached hydrogens (tertiary/aromatic N) is 1. The van der Waals surface area contributed by atoms with Crippen LogP contribution in [0.2, 0.25) is 0 Å². The summed E-state index contributed by atoms with van der Waals surface area (Å²) in [5.74, 6) is 2.75. The van der Waals surface area contributed by atoms with Crippen LogP contribution in [0.15, 0.2) is 16.7 Å². The largest absolute Gasteiger partial charge is 0.468 e. The predicted octanol–water partition coefficient (Wildman–Crippen LogP) is 2.87. The minimum atomic E-state index is 0.807. The highest BCUT2D eigenvalue weighted by Gasteiger charge is 2.26. The standard InChI is InChI=1S/C15H26N2O/c1-4-6-16-8-14-5-7-18-15(14)11-17-9-12(2)13(3)10-17/h5,7,12-13,16H,4,6,8-11H2,1-3H3. The third-order valence-corrected chi connectivity index (χ3v) is 4.01. The molecule has 18 heavy (non-hydrogen) atoms. The van der Waals surface area contributed by atoms with Gasteiger partial charge in [0.15, 0.2) is 0 Å². The van der Waals surface area contributed by atoms with Gasteiger partial charge in [-0.05, 0) is 30.9 Å². The Morgan fingerprint density at radius 3 is 2.72 bits per heavy atom. The molecule has 3 heteroatoms. The van der Waals surface area contributed by atoms with E-state index >= 15 is 0 Å². The van der Waals surface area contributed by atoms with Gasteiger partial charge < -0.3 is 9.73 Å². The van der Waals surface area contributed by atoms with Crippen molar-refractivity contribution >= 4 is 0 Å². The zero-order valence-corrected chi connectivity index (χ0v) is 11.9. The number of hydrogen-bond acceptors (Lipinski definition) is 3. The Morgan fingerprint density at radius 1 is 1.33 bits per heavy atom. The lowest BCUT2D eigenvalue weighted by atomic mass is 10.0. The SMILES string of the molecule is CCCNCc1ccoc1CN1CC(C)C(C)C1. The lowest BCUT2D eigenvalue weighted by Gasteiger charge is -2.14. The van der Waals surface area contributed by atoms with Gasteiger partial charge in [-0.3, -0.25) is 4.90 Å². The predicted molar refractivity (Wildman–Crippen MR) is 74.3 cm³/mol. The summed E-state index contributed by atoms with van der Waals surface area (Å²) in [5.41, 5.74) is 1.32. The van der Waals surface area contributed by atoms with Crippen LogP contribution in [-0.2, 0) is 13.1 Å². The summed E-state index contributed by atoms with van der Waals surface area (Å²) in [6.07, 6.45) is 3.00. The first-order chi connectivity index (χ1) is 8.70. The van der Waals surface area contributed by atoms with Gasteiger partial charge in [-0.25, -0.2) is 0 Å². The van der Waals surface area contributed by atoms with Crippen molar-refractivity contribution in [2.45, 2.75) is 40.3 Å². The zero-order valence-electron chi connectivity index (χ0n) is 11.9. The molecular formula is C15H26N2O. The number of likely N-dealkylation sites (tertiary alicyclic amines) is 1. The monoisotopic (exact) mass is 250 g/mol.